The number of ether oxygens (including phenoxy) is 1. The van der Waals surface area contributed by atoms with Crippen LogP contribution in [0, 0.1) is 11.8 Å². The van der Waals surface area contributed by atoms with Crippen LogP contribution in [0.3, 0.4) is 0 Å². The average Bonchev–Trinajstić information content (AvgIpc) is 3.22. The van der Waals surface area contributed by atoms with Gasteiger partial charge in [0.2, 0.25) is 11.8 Å². The van der Waals surface area contributed by atoms with Gasteiger partial charge in [-0.25, -0.2) is 0 Å². The zero-order chi connectivity index (χ0) is 25.5. The van der Waals surface area contributed by atoms with Gasteiger partial charge in [-0.05, 0) is 31.7 Å². The molecular weight excluding hydrogens is 476 g/mol. The Morgan fingerprint density at radius 1 is 1.11 bits per heavy atom. The summed E-state index contributed by atoms with van der Waals surface area (Å²) in [5.41, 5.74) is 1.01. The van der Waals surface area contributed by atoms with E-state index in [1.807, 2.05) is 62.4 Å². The molecule has 7 nitrogen and oxygen atoms in total. The number of allylic oxidation sites excluding steroid dienone is 1. The van der Waals surface area contributed by atoms with Crippen molar-refractivity contribution in [2.24, 2.45) is 11.8 Å². The summed E-state index contributed by atoms with van der Waals surface area (Å²) in [6.45, 7) is 4.80. The molecular formula is C28H34N2O5S. The van der Waals surface area contributed by atoms with Crippen LogP contribution >= 0.6 is 11.8 Å². The third kappa shape index (κ3) is 3.89. The van der Waals surface area contributed by atoms with Crippen LogP contribution in [0.1, 0.15) is 38.7 Å². The molecule has 4 heterocycles. The molecule has 2 fully saturated rings. The lowest BCUT2D eigenvalue weighted by atomic mass is 9.74. The average molecular weight is 511 g/mol. The number of hydrogen-bond donors (Lipinski definition) is 1. The number of aliphatic hydroxyl groups excluding tert-OH is 1. The van der Waals surface area contributed by atoms with Crippen molar-refractivity contribution < 1.29 is 24.2 Å². The minimum absolute atomic E-state index is 0.147. The van der Waals surface area contributed by atoms with Crippen LogP contribution in [0.15, 0.2) is 54.6 Å². The molecule has 0 radical (unpaired) electrons. The molecule has 1 aromatic rings. The molecule has 2 amide bonds. The second-order valence-electron chi connectivity index (χ2n) is 10.3. The van der Waals surface area contributed by atoms with Crippen molar-refractivity contribution in [3.8, 4) is 0 Å². The summed E-state index contributed by atoms with van der Waals surface area (Å²) >= 11 is 1.54. The van der Waals surface area contributed by atoms with Crippen molar-refractivity contribution in [3.63, 3.8) is 0 Å². The molecule has 5 rings (SSSR count). The first-order valence-corrected chi connectivity index (χ1v) is 13.7. The van der Waals surface area contributed by atoms with Crippen molar-refractivity contribution >= 4 is 29.5 Å². The fraction of sp³-hybridized carbons (Fsp3) is 0.536. The predicted molar refractivity (Wildman–Crippen MR) is 138 cm³/mol. The molecule has 1 unspecified atom stereocenters. The van der Waals surface area contributed by atoms with E-state index in [-0.39, 0.29) is 24.4 Å². The number of benzene rings is 1. The molecule has 36 heavy (non-hydrogen) atoms. The van der Waals surface area contributed by atoms with E-state index in [2.05, 4.69) is 6.08 Å². The van der Waals surface area contributed by atoms with E-state index in [9.17, 15) is 19.5 Å². The highest BCUT2D eigenvalue weighted by atomic mass is 32.2. The van der Waals surface area contributed by atoms with E-state index in [0.717, 1.165) is 18.4 Å². The first-order chi connectivity index (χ1) is 17.4. The normalized spacial score (nSPS) is 35.6. The van der Waals surface area contributed by atoms with Gasteiger partial charge in [-0.1, -0.05) is 61.6 Å². The summed E-state index contributed by atoms with van der Waals surface area (Å²) in [6, 6.07) is 8.48. The second kappa shape index (κ2) is 9.71. The van der Waals surface area contributed by atoms with E-state index in [1.165, 1.54) is 11.8 Å². The highest BCUT2D eigenvalue weighted by Crippen LogP contribution is 2.65. The molecule has 6 atom stereocenters. The number of hydrogen-bond acceptors (Lipinski definition) is 6. The van der Waals surface area contributed by atoms with E-state index in [1.54, 1.807) is 9.80 Å². The number of cyclic esters (lactones) is 1. The van der Waals surface area contributed by atoms with Crippen molar-refractivity contribution in [1.82, 2.24) is 9.80 Å². The zero-order valence-electron chi connectivity index (χ0n) is 20.8. The van der Waals surface area contributed by atoms with E-state index < -0.39 is 33.4 Å². The third-order valence-electron chi connectivity index (χ3n) is 8.06. The van der Waals surface area contributed by atoms with Gasteiger partial charge < -0.3 is 19.6 Å². The van der Waals surface area contributed by atoms with Gasteiger partial charge >= 0.3 is 5.97 Å². The number of nitrogens with zero attached hydrogens (tertiary/aromatic N) is 2. The summed E-state index contributed by atoms with van der Waals surface area (Å²) in [7, 11) is 0. The Kier molecular flexibility index (Phi) is 6.76. The van der Waals surface area contributed by atoms with Crippen LogP contribution in [-0.4, -0.2) is 74.0 Å². The Hall–Kier alpha value is -2.58. The molecule has 8 heteroatoms. The van der Waals surface area contributed by atoms with Crippen LogP contribution in [0.4, 0.5) is 0 Å². The van der Waals surface area contributed by atoms with Crippen LogP contribution < -0.4 is 0 Å². The molecule has 0 aromatic heterocycles. The SMILES string of the molecule is CC[C@@H](CO)N1C(=O)[C@@H]2[C@@H]3C(=O)OCCC/C=C\[C@]3(C)S[C@@]23C=CCN(Cc2ccccc2)C(=O)C13. The Bertz CT molecular complexity index is 1090. The van der Waals surface area contributed by atoms with Crippen molar-refractivity contribution in [2.45, 2.75) is 61.2 Å². The molecule has 4 aliphatic rings. The quantitative estimate of drug-likeness (QED) is 0.484. The molecule has 0 bridgehead atoms. The summed E-state index contributed by atoms with van der Waals surface area (Å²) in [6.07, 6.45) is 10.1. The van der Waals surface area contributed by atoms with Gasteiger partial charge in [0, 0.05) is 17.8 Å². The largest absolute Gasteiger partial charge is 0.465 e. The highest BCUT2D eigenvalue weighted by Gasteiger charge is 2.74. The van der Waals surface area contributed by atoms with Gasteiger partial charge in [0.05, 0.1) is 35.8 Å². The minimum atomic E-state index is -0.926. The fourth-order valence-corrected chi connectivity index (χ4v) is 8.51. The maximum Gasteiger partial charge on any atom is 0.311 e. The lowest BCUT2D eigenvalue weighted by Crippen LogP contribution is -2.56. The van der Waals surface area contributed by atoms with Crippen LogP contribution in [0.25, 0.3) is 0 Å². The first kappa shape index (κ1) is 25.1. The smallest absolute Gasteiger partial charge is 0.311 e. The van der Waals surface area contributed by atoms with Gasteiger partial charge in [0.1, 0.15) is 6.04 Å². The van der Waals surface area contributed by atoms with Crippen LogP contribution in [0.2, 0.25) is 0 Å². The summed E-state index contributed by atoms with van der Waals surface area (Å²) in [5, 5.41) is 10.2. The number of thioether (sulfide) groups is 1. The molecule has 2 saturated heterocycles. The lowest BCUT2D eigenvalue weighted by Gasteiger charge is -2.39. The summed E-state index contributed by atoms with van der Waals surface area (Å²) < 4.78 is 4.03. The highest BCUT2D eigenvalue weighted by molar-refractivity contribution is 8.02. The number of fused-ring (bicyclic) bond motifs is 2. The lowest BCUT2D eigenvalue weighted by molar-refractivity contribution is -0.154. The Labute approximate surface area is 216 Å². The van der Waals surface area contributed by atoms with E-state index in [4.69, 9.17) is 4.74 Å². The van der Waals surface area contributed by atoms with E-state index >= 15 is 0 Å². The molecule has 192 valence electrons. The van der Waals surface area contributed by atoms with Crippen LogP contribution in [-0.2, 0) is 25.7 Å². The van der Waals surface area contributed by atoms with Gasteiger partial charge in [0.15, 0.2) is 0 Å². The fourth-order valence-electron chi connectivity index (χ4n) is 6.37. The predicted octanol–water partition coefficient (Wildman–Crippen LogP) is 2.94. The summed E-state index contributed by atoms with van der Waals surface area (Å²) in [4.78, 5) is 45.3. The maximum absolute atomic E-state index is 14.3. The number of aliphatic hydroxyl groups is 1. The Morgan fingerprint density at radius 3 is 2.61 bits per heavy atom. The first-order valence-electron chi connectivity index (χ1n) is 12.8. The van der Waals surface area contributed by atoms with Crippen LogP contribution in [0.5, 0.6) is 0 Å². The van der Waals surface area contributed by atoms with Gasteiger partial charge in [0.25, 0.3) is 0 Å². The van der Waals surface area contributed by atoms with Crippen molar-refractivity contribution in [3.05, 3.63) is 60.2 Å². The maximum atomic E-state index is 14.3. The second-order valence-corrected chi connectivity index (χ2v) is 12.1. The molecule has 0 saturated carbocycles. The standard InChI is InChI=1S/C28H34N2O5S/c1-3-20(18-31)30-23-25(33)29(17-19-11-6-4-7-12-19)15-10-14-28(23)21(24(30)32)22-26(34)35-16-9-5-8-13-27(22,2)36-28/h4,6-8,10-14,20-23,31H,3,5,9,15-18H2,1-2H3/b13-8-/t20-,21-,22+,23?,27-,28-/m0/s1. The Morgan fingerprint density at radius 2 is 1.89 bits per heavy atom. The Balaban J connectivity index is 1.63. The molecule has 4 aliphatic heterocycles. The molecule has 1 aromatic carbocycles. The summed E-state index contributed by atoms with van der Waals surface area (Å²) in [5.74, 6) is -2.23. The number of esters is 1. The topological polar surface area (TPSA) is 87.2 Å². The number of rotatable bonds is 5. The van der Waals surface area contributed by atoms with Gasteiger partial charge in [-0.3, -0.25) is 14.4 Å². The number of amides is 2. The molecule has 1 N–H and O–H groups in total. The minimum Gasteiger partial charge on any atom is -0.465 e. The number of likely N-dealkylation sites (tertiary alicyclic amines) is 1. The molecule has 1 spiro atoms. The van der Waals surface area contributed by atoms with Crippen molar-refractivity contribution in [1.29, 1.82) is 0 Å². The van der Waals surface area contributed by atoms with Crippen molar-refractivity contribution in [2.75, 3.05) is 19.8 Å². The monoisotopic (exact) mass is 510 g/mol. The third-order valence-corrected chi connectivity index (χ3v) is 9.86. The number of carbonyl (C=O) groups is 3. The number of carbonyl (C=O) groups excluding carboxylic acids is 3. The van der Waals surface area contributed by atoms with Gasteiger partial charge in [-0.2, -0.15) is 0 Å². The zero-order valence-corrected chi connectivity index (χ0v) is 21.7. The van der Waals surface area contributed by atoms with Gasteiger partial charge in [-0.15, -0.1) is 11.8 Å². The van der Waals surface area contributed by atoms with E-state index in [0.29, 0.717) is 26.1 Å². The molecule has 0 aliphatic carbocycles.